The van der Waals surface area contributed by atoms with Crippen LogP contribution in [0.4, 0.5) is 5.82 Å². The normalized spacial score (nSPS) is 12.8. The van der Waals surface area contributed by atoms with Crippen molar-refractivity contribution in [2.75, 3.05) is 5.32 Å². The first-order valence-corrected chi connectivity index (χ1v) is 12.1. The van der Waals surface area contributed by atoms with E-state index in [1.54, 1.807) is 25.1 Å². The van der Waals surface area contributed by atoms with Crippen LogP contribution in [0.2, 0.25) is 5.02 Å². The van der Waals surface area contributed by atoms with Gasteiger partial charge in [-0.1, -0.05) is 36.7 Å². The van der Waals surface area contributed by atoms with Crippen LogP contribution in [0, 0.1) is 0 Å². The second-order valence-electron chi connectivity index (χ2n) is 6.71. The zero-order valence-corrected chi connectivity index (χ0v) is 18.9. The summed E-state index contributed by atoms with van der Waals surface area (Å²) < 4.78 is 25.3. The smallest absolute Gasteiger partial charge is 0.238 e. The van der Waals surface area contributed by atoms with Gasteiger partial charge in [-0.25, -0.2) is 23.5 Å². The van der Waals surface area contributed by atoms with Crippen molar-refractivity contribution in [1.82, 2.24) is 14.5 Å². The van der Waals surface area contributed by atoms with Crippen LogP contribution in [0.25, 0.3) is 11.0 Å². The number of thioether (sulfide) groups is 1. The van der Waals surface area contributed by atoms with Crippen molar-refractivity contribution < 1.29 is 13.2 Å². The first-order chi connectivity index (χ1) is 14.2. The van der Waals surface area contributed by atoms with Crippen LogP contribution in [0.5, 0.6) is 0 Å². The van der Waals surface area contributed by atoms with Gasteiger partial charge in [0.05, 0.1) is 26.2 Å². The summed E-state index contributed by atoms with van der Waals surface area (Å²) in [7, 11) is -3.83. The Bertz CT molecular complexity index is 1160. The molecule has 3 aromatic rings. The number of carbonyl (C=O) groups is 1. The van der Waals surface area contributed by atoms with Gasteiger partial charge in [-0.3, -0.25) is 4.79 Å². The molecule has 1 amide bonds. The van der Waals surface area contributed by atoms with Crippen LogP contribution in [0.15, 0.2) is 46.6 Å². The lowest BCUT2D eigenvalue weighted by atomic mass is 10.3. The zero-order valence-electron chi connectivity index (χ0n) is 16.5. The number of halogens is 1. The minimum Gasteiger partial charge on any atom is -0.319 e. The highest BCUT2D eigenvalue weighted by Crippen LogP contribution is 2.29. The van der Waals surface area contributed by atoms with E-state index in [2.05, 4.69) is 22.2 Å². The van der Waals surface area contributed by atoms with Crippen LogP contribution in [-0.4, -0.2) is 34.1 Å². The molecule has 11 heteroatoms. The predicted molar refractivity (Wildman–Crippen MR) is 119 cm³/mol. The average Bonchev–Trinajstić information content (AvgIpc) is 3.03. The van der Waals surface area contributed by atoms with E-state index in [1.165, 1.54) is 30.1 Å². The van der Waals surface area contributed by atoms with Gasteiger partial charge >= 0.3 is 0 Å². The summed E-state index contributed by atoms with van der Waals surface area (Å²) in [5.41, 5.74) is 1.32. The number of aryl methyl sites for hydroxylation is 1. The number of hydrogen-bond acceptors (Lipinski definition) is 6. The number of unbranched alkanes of at least 4 members (excludes halogenated alkanes) is 1. The Hall–Kier alpha value is -2.14. The first-order valence-electron chi connectivity index (χ1n) is 9.31. The van der Waals surface area contributed by atoms with E-state index in [0.29, 0.717) is 28.1 Å². The average molecular weight is 468 g/mol. The molecule has 8 nitrogen and oxygen atoms in total. The van der Waals surface area contributed by atoms with E-state index in [9.17, 15) is 13.2 Å². The summed E-state index contributed by atoms with van der Waals surface area (Å²) in [5.74, 6) is 0.184. The maximum absolute atomic E-state index is 12.6. The van der Waals surface area contributed by atoms with Gasteiger partial charge in [0.15, 0.2) is 5.16 Å². The van der Waals surface area contributed by atoms with Gasteiger partial charge < -0.3 is 9.88 Å². The summed E-state index contributed by atoms with van der Waals surface area (Å²) in [6.07, 6.45) is 3.37. The highest BCUT2D eigenvalue weighted by atomic mass is 35.5. The molecule has 0 fully saturated rings. The van der Waals surface area contributed by atoms with E-state index in [-0.39, 0.29) is 10.8 Å². The van der Waals surface area contributed by atoms with E-state index in [0.717, 1.165) is 18.4 Å². The number of hydrogen-bond donors (Lipinski definition) is 2. The quantitative estimate of drug-likeness (QED) is 0.488. The molecular weight excluding hydrogens is 446 g/mol. The third kappa shape index (κ3) is 5.31. The summed E-state index contributed by atoms with van der Waals surface area (Å²) >= 11 is 7.11. The minimum absolute atomic E-state index is 0.00583. The van der Waals surface area contributed by atoms with Gasteiger partial charge in [0.2, 0.25) is 15.9 Å². The van der Waals surface area contributed by atoms with Crippen molar-refractivity contribution in [2.45, 2.75) is 48.5 Å². The molecule has 30 heavy (non-hydrogen) atoms. The molecule has 0 radical (unpaired) electrons. The molecule has 1 atom stereocenters. The predicted octanol–water partition coefficient (Wildman–Crippen LogP) is 3.65. The molecule has 0 aliphatic carbocycles. The molecule has 0 saturated heterocycles. The number of pyridine rings is 1. The lowest BCUT2D eigenvalue weighted by Crippen LogP contribution is -2.23. The topological polar surface area (TPSA) is 120 Å². The SMILES string of the molecule is CCCCn1c(S[C@H](C)C(=O)Nc2ccc(Cl)cn2)nc2cc(S(N)(=O)=O)ccc21. The fourth-order valence-electron chi connectivity index (χ4n) is 2.78. The number of aromatic nitrogens is 3. The highest BCUT2D eigenvalue weighted by Gasteiger charge is 2.21. The third-order valence-corrected chi connectivity index (χ3v) is 6.60. The van der Waals surface area contributed by atoms with Crippen molar-refractivity contribution in [2.24, 2.45) is 5.14 Å². The number of rotatable bonds is 8. The summed E-state index contributed by atoms with van der Waals surface area (Å²) in [4.78, 5) is 21.2. The van der Waals surface area contributed by atoms with Crippen molar-refractivity contribution >= 4 is 56.1 Å². The van der Waals surface area contributed by atoms with Gasteiger partial charge in [0, 0.05) is 12.7 Å². The van der Waals surface area contributed by atoms with Crippen molar-refractivity contribution in [3.05, 3.63) is 41.6 Å². The summed E-state index contributed by atoms with van der Waals surface area (Å²) in [6, 6.07) is 7.90. The summed E-state index contributed by atoms with van der Waals surface area (Å²) in [5, 5.41) is 8.65. The van der Waals surface area contributed by atoms with Crippen LogP contribution < -0.4 is 10.5 Å². The van der Waals surface area contributed by atoms with Gasteiger partial charge in [0.1, 0.15) is 5.82 Å². The molecule has 2 aromatic heterocycles. The molecule has 3 N–H and O–H groups in total. The maximum Gasteiger partial charge on any atom is 0.238 e. The number of sulfonamides is 1. The van der Waals surface area contributed by atoms with E-state index in [4.69, 9.17) is 16.7 Å². The number of benzene rings is 1. The van der Waals surface area contributed by atoms with Gasteiger partial charge in [-0.15, -0.1) is 0 Å². The minimum atomic E-state index is -3.83. The number of nitrogens with one attached hydrogen (secondary N) is 1. The molecule has 0 aliphatic heterocycles. The van der Waals surface area contributed by atoms with E-state index >= 15 is 0 Å². The molecule has 3 rings (SSSR count). The zero-order chi connectivity index (χ0) is 21.9. The fourth-order valence-corrected chi connectivity index (χ4v) is 4.37. The number of nitrogens with zero attached hydrogens (tertiary/aromatic N) is 3. The largest absolute Gasteiger partial charge is 0.319 e. The first kappa shape index (κ1) is 22.5. The van der Waals surface area contributed by atoms with Gasteiger partial charge in [0.25, 0.3) is 0 Å². The number of fused-ring (bicyclic) bond motifs is 1. The third-order valence-electron chi connectivity index (χ3n) is 4.38. The highest BCUT2D eigenvalue weighted by molar-refractivity contribution is 8.00. The van der Waals surface area contributed by atoms with Crippen molar-refractivity contribution in [3.8, 4) is 0 Å². The Morgan fingerprint density at radius 1 is 1.33 bits per heavy atom. The lowest BCUT2D eigenvalue weighted by molar-refractivity contribution is -0.115. The molecule has 0 saturated carbocycles. The Kier molecular flexibility index (Phi) is 7.02. The molecule has 1 aromatic carbocycles. The van der Waals surface area contributed by atoms with Crippen molar-refractivity contribution in [3.63, 3.8) is 0 Å². The number of primary sulfonamides is 1. The Labute approximate surface area is 184 Å². The number of anilines is 1. The molecule has 160 valence electrons. The van der Waals surface area contributed by atoms with Gasteiger partial charge in [-0.2, -0.15) is 0 Å². The lowest BCUT2D eigenvalue weighted by Gasteiger charge is -2.13. The molecule has 0 spiro atoms. The summed E-state index contributed by atoms with van der Waals surface area (Å²) in [6.45, 7) is 4.56. The monoisotopic (exact) mass is 467 g/mol. The maximum atomic E-state index is 12.6. The van der Waals surface area contributed by atoms with Crippen LogP contribution in [0.1, 0.15) is 26.7 Å². The molecular formula is C19H22ClN5O3S2. The van der Waals surface area contributed by atoms with Crippen LogP contribution in [0.3, 0.4) is 0 Å². The Balaban J connectivity index is 1.87. The second-order valence-corrected chi connectivity index (χ2v) is 10.0. The fraction of sp³-hybridized carbons (Fsp3) is 0.316. The van der Waals surface area contributed by atoms with E-state index in [1.807, 2.05) is 4.57 Å². The van der Waals surface area contributed by atoms with Crippen LogP contribution >= 0.6 is 23.4 Å². The number of amides is 1. The Morgan fingerprint density at radius 2 is 2.10 bits per heavy atom. The second kappa shape index (κ2) is 9.34. The van der Waals surface area contributed by atoms with Crippen molar-refractivity contribution in [1.29, 1.82) is 0 Å². The van der Waals surface area contributed by atoms with Gasteiger partial charge in [-0.05, 0) is 43.7 Å². The molecule has 2 heterocycles. The number of nitrogens with two attached hydrogens (primary N) is 1. The number of carbonyl (C=O) groups excluding carboxylic acids is 1. The standard InChI is InChI=1S/C19H22ClN5O3S2/c1-3-4-9-25-16-7-6-14(30(21,27)28)10-15(16)23-19(25)29-12(2)18(26)24-17-8-5-13(20)11-22-17/h5-8,10-12H,3-4,9H2,1-2H3,(H2,21,27,28)(H,22,24,26)/t12-/m1/s1. The molecule has 0 bridgehead atoms. The molecule has 0 unspecified atom stereocenters. The van der Waals surface area contributed by atoms with Crippen LogP contribution in [-0.2, 0) is 21.4 Å². The Morgan fingerprint density at radius 3 is 2.73 bits per heavy atom. The number of imidazole rings is 1. The molecule has 0 aliphatic rings. The van der Waals surface area contributed by atoms with E-state index < -0.39 is 15.3 Å².